The van der Waals surface area contributed by atoms with Crippen molar-refractivity contribution < 1.29 is 23.9 Å². The minimum absolute atomic E-state index is 0.0351. The molecule has 63 heavy (non-hydrogen) atoms. The highest BCUT2D eigenvalue weighted by Crippen LogP contribution is 2.42. The van der Waals surface area contributed by atoms with Crippen LogP contribution in [0.25, 0.3) is 10.5 Å². The van der Waals surface area contributed by atoms with E-state index in [-0.39, 0.29) is 19.1 Å². The lowest BCUT2D eigenvalue weighted by molar-refractivity contribution is -0.120. The highest BCUT2D eigenvalue weighted by molar-refractivity contribution is 6.09. The minimum Gasteiger partial charge on any atom is -0.483 e. The molecule has 7 rings (SSSR count). The lowest BCUT2D eigenvalue weighted by atomic mass is 9.93. The molecule has 2 amide bonds. The van der Waals surface area contributed by atoms with E-state index in [9.17, 15) is 14.4 Å². The van der Waals surface area contributed by atoms with Crippen molar-refractivity contribution in [2.45, 2.75) is 54.4 Å². The number of aldehydes is 1. The SMILES string of the molecule is CCc1cccc(OCC(N)=O)c1C1=C(Nc2c(C)cccc2C)C2C=CC=CC2=N1.CCc1cccc(OCC(N)=O)c1C=O.Nc1ncccn1.[C-]#[N+]c1c(C)cccc1C. The molecular formula is C50H54N8O5. The zero-order valence-electron chi connectivity index (χ0n) is 36.5. The lowest BCUT2D eigenvalue weighted by Crippen LogP contribution is -2.20. The monoisotopic (exact) mass is 846 g/mol. The first-order chi connectivity index (χ1) is 30.3. The molecule has 0 saturated carbocycles. The van der Waals surface area contributed by atoms with Crippen molar-refractivity contribution in [1.29, 1.82) is 0 Å². The molecule has 1 aliphatic carbocycles. The number of primary amides is 2. The number of aryl methyl sites for hydroxylation is 6. The number of carbonyl (C=O) groups excluding carboxylic acids is 3. The number of hydrogen-bond acceptors (Lipinski definition) is 10. The number of nitrogens with zero attached hydrogens (tertiary/aromatic N) is 4. The smallest absolute Gasteiger partial charge is 0.255 e. The number of carbonyl (C=O) groups is 3. The third kappa shape index (κ3) is 13.3. The highest BCUT2D eigenvalue weighted by atomic mass is 16.5. The van der Waals surface area contributed by atoms with Gasteiger partial charge in [-0.15, -0.1) is 0 Å². The topological polar surface area (TPSA) is 202 Å². The van der Waals surface area contributed by atoms with Crippen LogP contribution in [-0.4, -0.2) is 47.0 Å². The van der Waals surface area contributed by atoms with Gasteiger partial charge in [0.15, 0.2) is 25.2 Å². The molecule has 4 aromatic carbocycles. The van der Waals surface area contributed by atoms with Gasteiger partial charge in [-0.3, -0.25) is 14.4 Å². The Morgan fingerprint density at radius 2 is 1.30 bits per heavy atom. The summed E-state index contributed by atoms with van der Waals surface area (Å²) >= 11 is 0. The Morgan fingerprint density at radius 3 is 1.81 bits per heavy atom. The van der Waals surface area contributed by atoms with Crippen molar-refractivity contribution in [1.82, 2.24) is 9.97 Å². The number of hydrogen-bond donors (Lipinski definition) is 4. The van der Waals surface area contributed by atoms with Crippen molar-refractivity contribution >= 4 is 46.8 Å². The van der Waals surface area contributed by atoms with Gasteiger partial charge in [-0.25, -0.2) is 19.8 Å². The first-order valence-corrected chi connectivity index (χ1v) is 20.3. The normalized spacial score (nSPS) is 13.0. The van der Waals surface area contributed by atoms with Gasteiger partial charge in [0.2, 0.25) is 5.95 Å². The van der Waals surface area contributed by atoms with Crippen molar-refractivity contribution in [2.24, 2.45) is 22.4 Å². The molecule has 5 aromatic rings. The second kappa shape index (κ2) is 23.8. The molecule has 0 radical (unpaired) electrons. The molecule has 0 spiro atoms. The van der Waals surface area contributed by atoms with E-state index in [1.54, 1.807) is 30.6 Å². The van der Waals surface area contributed by atoms with Crippen LogP contribution in [0.3, 0.4) is 0 Å². The van der Waals surface area contributed by atoms with Crippen LogP contribution < -0.4 is 32.0 Å². The summed E-state index contributed by atoms with van der Waals surface area (Å²) in [7, 11) is 0. The number of rotatable bonds is 12. The molecule has 2 heterocycles. The number of ether oxygens (including phenoxy) is 2. The fourth-order valence-electron chi connectivity index (χ4n) is 6.70. The van der Waals surface area contributed by atoms with Gasteiger partial charge >= 0.3 is 0 Å². The standard InChI is InChI=1S/C26H27N3O2.C11H13NO3.C9H9N.C4H5N3/c1-4-18-11-8-14-21(31-15-22(27)30)23(18)26-25(19-12-5-6-13-20(19)28-26)29-24-16(2)9-7-10-17(24)3;1-2-8-4-3-5-10(9(8)6-13)15-7-11(12)14;1-7-5-4-6-8(2)9(7)10-3;5-4-6-2-1-3-7-4/h5-14,19,29H,4,15H2,1-3H3,(H2,27,30);3-6H,2,7H2,1H3,(H2,12,14);4-6H,1-2H3;1-3H,(H2,5,6,7). The van der Waals surface area contributed by atoms with Gasteiger partial charge < -0.3 is 32.0 Å². The number of allylic oxidation sites excluding steroid dienone is 4. The molecule has 1 atom stereocenters. The molecule has 0 fully saturated rings. The van der Waals surface area contributed by atoms with Crippen molar-refractivity contribution in [3.05, 3.63) is 177 Å². The number of nitrogen functional groups attached to an aromatic ring is 1. The second-order valence-electron chi connectivity index (χ2n) is 14.3. The first kappa shape index (κ1) is 47.8. The lowest BCUT2D eigenvalue weighted by Gasteiger charge is -2.21. The van der Waals surface area contributed by atoms with E-state index in [4.69, 9.17) is 38.2 Å². The van der Waals surface area contributed by atoms with Crippen molar-refractivity contribution in [3.8, 4) is 11.5 Å². The number of anilines is 2. The van der Waals surface area contributed by atoms with E-state index in [1.165, 1.54) is 11.1 Å². The summed E-state index contributed by atoms with van der Waals surface area (Å²) in [5.74, 6) is 0.310. The summed E-state index contributed by atoms with van der Waals surface area (Å²) in [5.41, 5.74) is 28.0. The van der Waals surface area contributed by atoms with Gasteiger partial charge in [0, 0.05) is 23.6 Å². The molecule has 1 aliphatic heterocycles. The van der Waals surface area contributed by atoms with E-state index in [1.807, 2.05) is 69.3 Å². The largest absolute Gasteiger partial charge is 0.483 e. The second-order valence-corrected chi connectivity index (χ2v) is 14.3. The van der Waals surface area contributed by atoms with Gasteiger partial charge in [0.25, 0.3) is 11.8 Å². The summed E-state index contributed by atoms with van der Waals surface area (Å²) in [6.45, 7) is 18.6. The number of aliphatic imine (C=N–C) groups is 1. The van der Waals surface area contributed by atoms with Crippen LogP contribution in [0, 0.1) is 40.2 Å². The van der Waals surface area contributed by atoms with E-state index < -0.39 is 11.8 Å². The Hall–Kier alpha value is -7.85. The van der Waals surface area contributed by atoms with Crippen LogP contribution in [-0.2, 0) is 22.4 Å². The van der Waals surface area contributed by atoms with Gasteiger partial charge in [0.05, 0.1) is 35.2 Å². The number of nitrogens with two attached hydrogens (primary N) is 3. The summed E-state index contributed by atoms with van der Waals surface area (Å²) in [4.78, 5) is 48.5. The molecule has 13 nitrogen and oxygen atoms in total. The van der Waals surface area contributed by atoms with Crippen LogP contribution in [0.1, 0.15) is 63.1 Å². The molecule has 7 N–H and O–H groups in total. The van der Waals surface area contributed by atoms with Crippen LogP contribution in [0.5, 0.6) is 11.5 Å². The van der Waals surface area contributed by atoms with Gasteiger partial charge in [-0.05, 0) is 98.2 Å². The maximum atomic E-state index is 11.4. The number of para-hydroxylation sites is 2. The Labute approximate surface area is 369 Å². The Balaban J connectivity index is 0.000000223. The Bertz CT molecular complexity index is 2530. The quantitative estimate of drug-likeness (QED) is 0.0701. The van der Waals surface area contributed by atoms with E-state index >= 15 is 0 Å². The predicted octanol–water partition coefficient (Wildman–Crippen LogP) is 8.55. The van der Waals surface area contributed by atoms with E-state index in [0.29, 0.717) is 23.0 Å². The maximum Gasteiger partial charge on any atom is 0.255 e. The summed E-state index contributed by atoms with van der Waals surface area (Å²) in [6.07, 6.45) is 13.7. The summed E-state index contributed by atoms with van der Waals surface area (Å²) in [6, 6.07) is 25.0. The van der Waals surface area contributed by atoms with Crippen LogP contribution in [0.2, 0.25) is 0 Å². The predicted molar refractivity (Wildman–Crippen MR) is 251 cm³/mol. The zero-order valence-corrected chi connectivity index (χ0v) is 36.5. The van der Waals surface area contributed by atoms with Crippen LogP contribution in [0.15, 0.2) is 126 Å². The zero-order chi connectivity index (χ0) is 45.9. The molecule has 2 aliphatic rings. The number of amides is 2. The van der Waals surface area contributed by atoms with E-state index in [0.717, 1.165) is 75.4 Å². The first-order valence-electron chi connectivity index (χ1n) is 20.3. The van der Waals surface area contributed by atoms with E-state index in [2.05, 4.69) is 77.3 Å². The average Bonchev–Trinajstić information content (AvgIpc) is 3.64. The maximum absolute atomic E-state index is 11.4. The molecular weight excluding hydrogens is 793 g/mol. The van der Waals surface area contributed by atoms with Gasteiger partial charge in [-0.1, -0.05) is 92.7 Å². The summed E-state index contributed by atoms with van der Waals surface area (Å²) in [5, 5.41) is 3.70. The molecule has 1 unspecified atom stereocenters. The molecule has 13 heteroatoms. The fourth-order valence-corrected chi connectivity index (χ4v) is 6.70. The van der Waals surface area contributed by atoms with Gasteiger partial charge in [-0.2, -0.15) is 0 Å². The fraction of sp³-hybridized carbons (Fsp3) is 0.220. The molecule has 0 saturated heterocycles. The number of nitrogens with one attached hydrogen (secondary N) is 1. The third-order valence-electron chi connectivity index (χ3n) is 9.81. The molecule has 1 aromatic heterocycles. The van der Waals surface area contributed by atoms with Crippen LogP contribution >= 0.6 is 0 Å². The van der Waals surface area contributed by atoms with Crippen molar-refractivity contribution in [2.75, 3.05) is 24.3 Å². The third-order valence-corrected chi connectivity index (χ3v) is 9.81. The Morgan fingerprint density at radius 1 is 0.762 bits per heavy atom. The number of fused-ring (bicyclic) bond motifs is 1. The molecule has 0 bridgehead atoms. The van der Waals surface area contributed by atoms with Crippen molar-refractivity contribution in [3.63, 3.8) is 0 Å². The number of benzene rings is 4. The average molecular weight is 847 g/mol. The summed E-state index contributed by atoms with van der Waals surface area (Å²) < 4.78 is 10.9. The number of aromatic nitrogens is 2. The molecule has 324 valence electrons. The Kier molecular flexibility index (Phi) is 18.1. The van der Waals surface area contributed by atoms with Gasteiger partial charge in [0.1, 0.15) is 11.5 Å². The minimum atomic E-state index is -0.561. The van der Waals surface area contributed by atoms with Crippen LogP contribution in [0.4, 0.5) is 17.3 Å². The highest BCUT2D eigenvalue weighted by Gasteiger charge is 2.31.